The van der Waals surface area contributed by atoms with E-state index in [2.05, 4.69) is 5.16 Å². The van der Waals surface area contributed by atoms with Gasteiger partial charge in [0.1, 0.15) is 12.5 Å². The molecule has 8 heteroatoms. The third-order valence-electron chi connectivity index (χ3n) is 5.09. The molecule has 0 saturated carbocycles. The summed E-state index contributed by atoms with van der Waals surface area (Å²) in [6.07, 6.45) is 0.695. The van der Waals surface area contributed by atoms with Gasteiger partial charge in [-0.1, -0.05) is 48.5 Å². The molecule has 3 rings (SSSR count). The molecule has 1 N–H and O–H groups in total. The van der Waals surface area contributed by atoms with E-state index in [1.165, 1.54) is 7.11 Å². The van der Waals surface area contributed by atoms with Crippen LogP contribution in [0.2, 0.25) is 0 Å². The SMILES string of the molecule is CCc1cc(CO)ccc1-c1ccccc1S(=O)(=O)N(COC)c1noc(C)c1C. The van der Waals surface area contributed by atoms with E-state index in [9.17, 15) is 13.5 Å². The van der Waals surface area contributed by atoms with E-state index >= 15 is 0 Å². The second-order valence-electron chi connectivity index (χ2n) is 6.96. The number of hydrogen-bond donors (Lipinski definition) is 1. The number of nitrogens with zero attached hydrogens (tertiary/aromatic N) is 2. The van der Waals surface area contributed by atoms with Crippen LogP contribution in [-0.4, -0.2) is 32.5 Å². The number of hydrogen-bond acceptors (Lipinski definition) is 6. The van der Waals surface area contributed by atoms with Crippen molar-refractivity contribution in [1.82, 2.24) is 5.16 Å². The van der Waals surface area contributed by atoms with Crippen molar-refractivity contribution in [3.8, 4) is 11.1 Å². The molecular formula is C22H26N2O5S. The van der Waals surface area contributed by atoms with E-state index in [0.29, 0.717) is 23.3 Å². The minimum absolute atomic E-state index is 0.0698. The molecule has 1 heterocycles. The lowest BCUT2D eigenvalue weighted by molar-refractivity contribution is 0.208. The Morgan fingerprint density at radius 3 is 2.47 bits per heavy atom. The summed E-state index contributed by atoms with van der Waals surface area (Å²) in [6.45, 7) is 5.21. The Morgan fingerprint density at radius 2 is 1.87 bits per heavy atom. The van der Waals surface area contributed by atoms with Gasteiger partial charge in [-0.15, -0.1) is 0 Å². The molecule has 3 aromatic rings. The zero-order chi connectivity index (χ0) is 21.9. The summed E-state index contributed by atoms with van der Waals surface area (Å²) < 4.78 is 39.0. The van der Waals surface area contributed by atoms with Gasteiger partial charge in [-0.2, -0.15) is 0 Å². The Kier molecular flexibility index (Phi) is 6.60. The maximum Gasteiger partial charge on any atom is 0.268 e. The van der Waals surface area contributed by atoms with Crippen LogP contribution in [0, 0.1) is 13.8 Å². The maximum atomic E-state index is 13.7. The van der Waals surface area contributed by atoms with E-state index in [1.807, 2.05) is 19.1 Å². The topological polar surface area (TPSA) is 92.9 Å². The Labute approximate surface area is 176 Å². The van der Waals surface area contributed by atoms with Crippen LogP contribution < -0.4 is 4.31 Å². The van der Waals surface area contributed by atoms with Crippen LogP contribution in [-0.2, 0) is 27.8 Å². The van der Waals surface area contributed by atoms with Crippen molar-refractivity contribution in [1.29, 1.82) is 0 Å². The van der Waals surface area contributed by atoms with Gasteiger partial charge in [-0.25, -0.2) is 12.7 Å². The summed E-state index contributed by atoms with van der Waals surface area (Å²) in [5.74, 6) is 0.748. The molecule has 0 aliphatic heterocycles. The predicted molar refractivity (Wildman–Crippen MR) is 115 cm³/mol. The van der Waals surface area contributed by atoms with Gasteiger partial charge < -0.3 is 14.4 Å². The molecule has 2 aromatic carbocycles. The van der Waals surface area contributed by atoms with Gasteiger partial charge in [0.25, 0.3) is 10.0 Å². The minimum atomic E-state index is -4.01. The lowest BCUT2D eigenvalue weighted by atomic mass is 9.96. The normalized spacial score (nSPS) is 11.6. The highest BCUT2D eigenvalue weighted by Gasteiger charge is 2.31. The molecule has 0 aliphatic rings. The number of aliphatic hydroxyl groups is 1. The first-order valence-corrected chi connectivity index (χ1v) is 11.1. The summed E-state index contributed by atoms with van der Waals surface area (Å²) in [6, 6.07) is 12.4. The van der Waals surface area contributed by atoms with E-state index in [4.69, 9.17) is 9.26 Å². The molecule has 0 fully saturated rings. The number of aryl methyl sites for hydroxylation is 2. The average molecular weight is 431 g/mol. The van der Waals surface area contributed by atoms with Gasteiger partial charge >= 0.3 is 0 Å². The van der Waals surface area contributed by atoms with Crippen molar-refractivity contribution in [2.75, 3.05) is 18.1 Å². The third kappa shape index (κ3) is 3.98. The largest absolute Gasteiger partial charge is 0.392 e. The fraction of sp³-hybridized carbons (Fsp3) is 0.318. The lowest BCUT2D eigenvalue weighted by Crippen LogP contribution is -2.34. The Morgan fingerprint density at radius 1 is 1.13 bits per heavy atom. The number of anilines is 1. The molecule has 0 radical (unpaired) electrons. The Balaban J connectivity index is 2.20. The van der Waals surface area contributed by atoms with Crippen molar-refractivity contribution in [2.24, 2.45) is 0 Å². The van der Waals surface area contributed by atoms with Gasteiger partial charge in [-0.3, -0.25) is 0 Å². The molecule has 0 unspecified atom stereocenters. The van der Waals surface area contributed by atoms with E-state index < -0.39 is 10.0 Å². The molecule has 0 bridgehead atoms. The second kappa shape index (κ2) is 8.99. The number of aromatic nitrogens is 1. The van der Waals surface area contributed by atoms with Crippen LogP contribution in [0.25, 0.3) is 11.1 Å². The highest BCUT2D eigenvalue weighted by atomic mass is 32.2. The molecule has 0 spiro atoms. The number of ether oxygens (including phenoxy) is 1. The quantitative estimate of drug-likeness (QED) is 0.546. The van der Waals surface area contributed by atoms with Crippen molar-refractivity contribution in [3.63, 3.8) is 0 Å². The number of sulfonamides is 1. The monoisotopic (exact) mass is 430 g/mol. The summed E-state index contributed by atoms with van der Waals surface area (Å²) >= 11 is 0. The maximum absolute atomic E-state index is 13.7. The first-order valence-electron chi connectivity index (χ1n) is 9.61. The number of benzene rings is 2. The Bertz CT molecular complexity index is 1140. The first-order chi connectivity index (χ1) is 14.3. The van der Waals surface area contributed by atoms with Gasteiger partial charge in [0, 0.05) is 18.2 Å². The fourth-order valence-electron chi connectivity index (χ4n) is 3.33. The molecule has 30 heavy (non-hydrogen) atoms. The number of rotatable bonds is 8. The summed E-state index contributed by atoms with van der Waals surface area (Å²) in [5.41, 5.74) is 3.76. The van der Waals surface area contributed by atoms with Crippen molar-refractivity contribution in [2.45, 2.75) is 38.7 Å². The van der Waals surface area contributed by atoms with Gasteiger partial charge in [-0.05, 0) is 43.0 Å². The minimum Gasteiger partial charge on any atom is -0.392 e. The van der Waals surface area contributed by atoms with E-state index in [0.717, 1.165) is 21.0 Å². The van der Waals surface area contributed by atoms with Crippen LogP contribution in [0.3, 0.4) is 0 Å². The van der Waals surface area contributed by atoms with Crippen molar-refractivity contribution >= 4 is 15.8 Å². The third-order valence-corrected chi connectivity index (χ3v) is 6.86. The van der Waals surface area contributed by atoms with E-state index in [-0.39, 0.29) is 24.1 Å². The molecule has 1 aromatic heterocycles. The number of methoxy groups -OCH3 is 1. The van der Waals surface area contributed by atoms with Gasteiger partial charge in [0.2, 0.25) is 0 Å². The van der Waals surface area contributed by atoms with Crippen molar-refractivity contribution in [3.05, 3.63) is 64.9 Å². The first kappa shape index (κ1) is 22.0. The summed E-state index contributed by atoms with van der Waals surface area (Å²) in [5, 5.41) is 13.4. The zero-order valence-electron chi connectivity index (χ0n) is 17.5. The van der Waals surface area contributed by atoms with Crippen LogP contribution >= 0.6 is 0 Å². The summed E-state index contributed by atoms with van der Waals surface area (Å²) in [7, 11) is -2.58. The molecule has 0 amide bonds. The highest BCUT2D eigenvalue weighted by Crippen LogP contribution is 2.35. The van der Waals surface area contributed by atoms with Crippen LogP contribution in [0.1, 0.15) is 29.4 Å². The Hall–Kier alpha value is -2.68. The highest BCUT2D eigenvalue weighted by molar-refractivity contribution is 7.93. The zero-order valence-corrected chi connectivity index (χ0v) is 18.4. The fourth-order valence-corrected chi connectivity index (χ4v) is 4.92. The van der Waals surface area contributed by atoms with Crippen LogP contribution in [0.15, 0.2) is 51.9 Å². The molecule has 0 atom stereocenters. The van der Waals surface area contributed by atoms with Gasteiger partial charge in [0.15, 0.2) is 5.82 Å². The van der Waals surface area contributed by atoms with E-state index in [1.54, 1.807) is 44.2 Å². The van der Waals surface area contributed by atoms with Crippen LogP contribution in [0.4, 0.5) is 5.82 Å². The molecule has 7 nitrogen and oxygen atoms in total. The lowest BCUT2D eigenvalue weighted by Gasteiger charge is -2.23. The molecular weight excluding hydrogens is 404 g/mol. The predicted octanol–water partition coefficient (Wildman–Crippen LogP) is 3.81. The van der Waals surface area contributed by atoms with Crippen LogP contribution in [0.5, 0.6) is 0 Å². The van der Waals surface area contributed by atoms with Gasteiger partial charge in [0.05, 0.1) is 11.5 Å². The number of aliphatic hydroxyl groups excluding tert-OH is 1. The molecule has 0 saturated heterocycles. The molecule has 0 aliphatic carbocycles. The summed E-state index contributed by atoms with van der Waals surface area (Å²) in [4.78, 5) is 0.147. The standard InChI is InChI=1S/C22H26N2O5S/c1-5-18-12-17(13-25)10-11-19(18)20-8-6-7-9-21(20)30(26,27)24(14-28-4)22-15(2)16(3)29-23-22/h6-12,25H,5,13-14H2,1-4H3. The molecule has 160 valence electrons. The average Bonchev–Trinajstić information content (AvgIpc) is 3.09. The van der Waals surface area contributed by atoms with Crippen molar-refractivity contribution < 1.29 is 22.8 Å². The smallest absolute Gasteiger partial charge is 0.268 e. The second-order valence-corrected chi connectivity index (χ2v) is 8.79.